The van der Waals surface area contributed by atoms with Crippen LogP contribution in [0, 0.1) is 24.0 Å². The molecule has 0 bridgehead atoms. The summed E-state index contributed by atoms with van der Waals surface area (Å²) in [7, 11) is 0. The van der Waals surface area contributed by atoms with Crippen molar-refractivity contribution in [3.05, 3.63) is 62.2 Å². The van der Waals surface area contributed by atoms with Gasteiger partial charge in [0.25, 0.3) is 17.4 Å². The van der Waals surface area contributed by atoms with Gasteiger partial charge in [-0.1, -0.05) is 11.6 Å². The van der Waals surface area contributed by atoms with Crippen LogP contribution < -0.4 is 5.32 Å². The average Bonchev–Trinajstić information content (AvgIpc) is 2.95. The number of nitro groups is 1. The fraction of sp³-hybridized carbons (Fsp3) is 0.200. The molecule has 2 aromatic heterocycles. The second kappa shape index (κ2) is 6.44. The number of fused-ring (bicyclic) bond motifs is 1. The van der Waals surface area contributed by atoms with E-state index in [1.54, 1.807) is 4.52 Å². The monoisotopic (exact) mass is 360 g/mol. The highest BCUT2D eigenvalue weighted by Crippen LogP contribution is 2.22. The van der Waals surface area contributed by atoms with Gasteiger partial charge in [0.1, 0.15) is 0 Å². The molecule has 25 heavy (non-hydrogen) atoms. The second-order valence-corrected chi connectivity index (χ2v) is 5.79. The largest absolute Gasteiger partial charge is 0.345 e. The third-order valence-corrected chi connectivity index (χ3v) is 3.79. The van der Waals surface area contributed by atoms with E-state index in [4.69, 9.17) is 11.6 Å². The van der Waals surface area contributed by atoms with E-state index in [0.717, 1.165) is 17.5 Å². The molecule has 128 valence electrons. The predicted molar refractivity (Wildman–Crippen MR) is 89.5 cm³/mol. The highest BCUT2D eigenvalue weighted by atomic mass is 35.5. The molecule has 0 saturated carbocycles. The van der Waals surface area contributed by atoms with Crippen LogP contribution in [0.4, 0.5) is 5.69 Å². The van der Waals surface area contributed by atoms with Crippen molar-refractivity contribution < 1.29 is 9.72 Å². The van der Waals surface area contributed by atoms with Crippen LogP contribution in [0.1, 0.15) is 27.6 Å². The van der Waals surface area contributed by atoms with E-state index in [1.807, 2.05) is 19.9 Å². The third kappa shape index (κ3) is 3.41. The Morgan fingerprint density at radius 1 is 1.32 bits per heavy atom. The van der Waals surface area contributed by atoms with Gasteiger partial charge in [0.15, 0.2) is 5.82 Å². The highest BCUT2D eigenvalue weighted by Gasteiger charge is 2.16. The molecule has 1 aromatic carbocycles. The maximum atomic E-state index is 12.2. The average molecular weight is 361 g/mol. The SMILES string of the molecule is Cc1cc(C)n2nc(CNC(=O)c3ccc([N+](=O)[O-])cc3Cl)nc2n1. The molecule has 0 fully saturated rings. The van der Waals surface area contributed by atoms with Gasteiger partial charge in [-0.05, 0) is 26.0 Å². The number of halogens is 1. The fourth-order valence-electron chi connectivity index (χ4n) is 2.34. The first-order valence-electron chi connectivity index (χ1n) is 7.27. The summed E-state index contributed by atoms with van der Waals surface area (Å²) in [4.78, 5) is 30.9. The quantitative estimate of drug-likeness (QED) is 0.563. The van der Waals surface area contributed by atoms with Gasteiger partial charge in [0, 0.05) is 23.5 Å². The van der Waals surface area contributed by atoms with Gasteiger partial charge >= 0.3 is 0 Å². The molecule has 0 aliphatic carbocycles. The highest BCUT2D eigenvalue weighted by molar-refractivity contribution is 6.34. The Kier molecular flexibility index (Phi) is 4.32. The van der Waals surface area contributed by atoms with Gasteiger partial charge in [0.05, 0.1) is 22.1 Å². The van der Waals surface area contributed by atoms with E-state index in [9.17, 15) is 14.9 Å². The molecule has 0 atom stereocenters. The smallest absolute Gasteiger partial charge is 0.270 e. The molecule has 0 radical (unpaired) electrons. The fourth-order valence-corrected chi connectivity index (χ4v) is 2.60. The number of hydrogen-bond acceptors (Lipinski definition) is 6. The number of rotatable bonds is 4. The van der Waals surface area contributed by atoms with Crippen molar-refractivity contribution in [2.75, 3.05) is 0 Å². The van der Waals surface area contributed by atoms with Crippen LogP contribution in [0.25, 0.3) is 5.78 Å². The third-order valence-electron chi connectivity index (χ3n) is 3.48. The maximum absolute atomic E-state index is 12.2. The lowest BCUT2D eigenvalue weighted by Gasteiger charge is -2.04. The van der Waals surface area contributed by atoms with E-state index in [1.165, 1.54) is 12.1 Å². The first-order chi connectivity index (χ1) is 11.8. The summed E-state index contributed by atoms with van der Waals surface area (Å²) < 4.78 is 1.59. The number of nitrogens with zero attached hydrogens (tertiary/aromatic N) is 5. The van der Waals surface area contributed by atoms with Crippen LogP contribution in [0.15, 0.2) is 24.3 Å². The number of carbonyl (C=O) groups excluding carboxylic acids is 1. The normalized spacial score (nSPS) is 10.8. The number of non-ortho nitro benzene ring substituents is 1. The Hall–Kier alpha value is -3.07. The molecule has 1 amide bonds. The van der Waals surface area contributed by atoms with Crippen molar-refractivity contribution in [2.24, 2.45) is 0 Å². The molecular weight excluding hydrogens is 348 g/mol. The molecule has 0 unspecified atom stereocenters. The van der Waals surface area contributed by atoms with Gasteiger partial charge in [-0.2, -0.15) is 4.98 Å². The minimum Gasteiger partial charge on any atom is -0.345 e. The number of nitrogens with one attached hydrogen (secondary N) is 1. The minimum atomic E-state index is -0.578. The lowest BCUT2D eigenvalue weighted by molar-refractivity contribution is -0.384. The topological polar surface area (TPSA) is 115 Å². The van der Waals surface area contributed by atoms with Crippen molar-refractivity contribution in [2.45, 2.75) is 20.4 Å². The predicted octanol–water partition coefficient (Wildman–Crippen LogP) is 2.23. The lowest BCUT2D eigenvalue weighted by atomic mass is 10.2. The summed E-state index contributed by atoms with van der Waals surface area (Å²) in [6, 6.07) is 5.54. The van der Waals surface area contributed by atoms with Gasteiger partial charge in [-0.3, -0.25) is 14.9 Å². The summed E-state index contributed by atoms with van der Waals surface area (Å²) in [5.74, 6) is 0.377. The Bertz CT molecular complexity index is 1000. The number of hydrogen-bond donors (Lipinski definition) is 1. The zero-order valence-electron chi connectivity index (χ0n) is 13.4. The Balaban J connectivity index is 1.76. The van der Waals surface area contributed by atoms with Crippen molar-refractivity contribution in [3.8, 4) is 0 Å². The summed E-state index contributed by atoms with van der Waals surface area (Å²) in [5.41, 5.74) is 1.67. The van der Waals surface area contributed by atoms with Crippen molar-refractivity contribution in [1.29, 1.82) is 0 Å². The molecule has 0 aliphatic rings. The van der Waals surface area contributed by atoms with Crippen LogP contribution in [0.3, 0.4) is 0 Å². The molecule has 9 nitrogen and oxygen atoms in total. The number of aromatic nitrogens is 4. The standard InChI is InChI=1S/C15H13ClN6O3/c1-8-5-9(2)21-15(18-8)19-13(20-21)7-17-14(23)11-4-3-10(22(24)25)6-12(11)16/h3-6H,7H2,1-2H3,(H,17,23). The van der Waals surface area contributed by atoms with Gasteiger partial charge in [0.2, 0.25) is 0 Å². The number of aryl methyl sites for hydroxylation is 2. The first-order valence-corrected chi connectivity index (χ1v) is 7.65. The minimum absolute atomic E-state index is 0.00259. The molecule has 3 aromatic rings. The molecule has 2 heterocycles. The van der Waals surface area contributed by atoms with Crippen molar-refractivity contribution >= 4 is 29.0 Å². The van der Waals surface area contributed by atoms with Crippen LogP contribution >= 0.6 is 11.6 Å². The summed E-state index contributed by atoms with van der Waals surface area (Å²) in [5, 5.41) is 17.6. The molecule has 1 N–H and O–H groups in total. The first kappa shape index (κ1) is 16.8. The van der Waals surface area contributed by atoms with Crippen molar-refractivity contribution in [3.63, 3.8) is 0 Å². The van der Waals surface area contributed by atoms with Crippen LogP contribution in [-0.4, -0.2) is 30.4 Å². The summed E-state index contributed by atoms with van der Waals surface area (Å²) >= 11 is 5.94. The summed E-state index contributed by atoms with van der Waals surface area (Å²) in [6.07, 6.45) is 0. The Morgan fingerprint density at radius 2 is 2.08 bits per heavy atom. The van der Waals surface area contributed by atoms with E-state index in [-0.39, 0.29) is 22.8 Å². The molecule has 0 spiro atoms. The molecular formula is C15H13ClN6O3. The molecule has 0 aliphatic heterocycles. The van der Waals surface area contributed by atoms with E-state index < -0.39 is 10.8 Å². The number of amides is 1. The Morgan fingerprint density at radius 3 is 2.76 bits per heavy atom. The van der Waals surface area contributed by atoms with Crippen LogP contribution in [0.2, 0.25) is 5.02 Å². The zero-order chi connectivity index (χ0) is 18.1. The number of benzene rings is 1. The second-order valence-electron chi connectivity index (χ2n) is 5.38. The molecule has 3 rings (SSSR count). The maximum Gasteiger partial charge on any atom is 0.270 e. The van der Waals surface area contributed by atoms with Crippen LogP contribution in [-0.2, 0) is 6.54 Å². The van der Waals surface area contributed by atoms with Gasteiger partial charge in [-0.15, -0.1) is 5.10 Å². The zero-order valence-corrected chi connectivity index (χ0v) is 14.1. The summed E-state index contributed by atoms with van der Waals surface area (Å²) in [6.45, 7) is 3.82. The van der Waals surface area contributed by atoms with Gasteiger partial charge < -0.3 is 5.32 Å². The van der Waals surface area contributed by atoms with E-state index >= 15 is 0 Å². The molecule has 10 heteroatoms. The Labute approximate surface area is 146 Å². The number of nitro benzene ring substituents is 1. The van der Waals surface area contributed by atoms with E-state index in [2.05, 4.69) is 20.4 Å². The molecule has 0 saturated heterocycles. The number of carbonyl (C=O) groups is 1. The van der Waals surface area contributed by atoms with Crippen LogP contribution in [0.5, 0.6) is 0 Å². The van der Waals surface area contributed by atoms with Gasteiger partial charge in [-0.25, -0.2) is 9.50 Å². The lowest BCUT2D eigenvalue weighted by Crippen LogP contribution is -2.23. The van der Waals surface area contributed by atoms with Crippen molar-refractivity contribution in [1.82, 2.24) is 24.9 Å². The van der Waals surface area contributed by atoms with E-state index in [0.29, 0.717) is 11.6 Å².